The van der Waals surface area contributed by atoms with E-state index in [0.29, 0.717) is 18.3 Å². The zero-order valence-corrected chi connectivity index (χ0v) is 15.3. The van der Waals surface area contributed by atoms with E-state index >= 15 is 0 Å². The maximum Gasteiger partial charge on any atom is 0.224 e. The lowest BCUT2D eigenvalue weighted by atomic mass is 10.2. The van der Waals surface area contributed by atoms with E-state index in [4.69, 9.17) is 0 Å². The summed E-state index contributed by atoms with van der Waals surface area (Å²) in [6.45, 7) is 4.77. The van der Waals surface area contributed by atoms with Crippen LogP contribution in [0, 0.1) is 18.6 Å². The Labute approximate surface area is 151 Å². The SMILES string of the molecule is CCNc1cc(C)nc(NCCNS(=O)(=O)Cc2cc(F)ccc2F)n1. The van der Waals surface area contributed by atoms with Gasteiger partial charge in [0, 0.05) is 37.0 Å². The summed E-state index contributed by atoms with van der Waals surface area (Å²) < 4.78 is 53.0. The summed E-state index contributed by atoms with van der Waals surface area (Å²) in [6.07, 6.45) is 0. The fourth-order valence-electron chi connectivity index (χ4n) is 2.21. The van der Waals surface area contributed by atoms with Gasteiger partial charge < -0.3 is 10.6 Å². The highest BCUT2D eigenvalue weighted by atomic mass is 32.2. The second-order valence-corrected chi connectivity index (χ2v) is 7.37. The first kappa shape index (κ1) is 20.0. The smallest absolute Gasteiger partial charge is 0.224 e. The van der Waals surface area contributed by atoms with Crippen LogP contribution in [0.2, 0.25) is 0 Å². The molecule has 3 N–H and O–H groups in total. The molecule has 2 aromatic rings. The Morgan fingerprint density at radius 3 is 2.58 bits per heavy atom. The number of rotatable bonds is 9. The largest absolute Gasteiger partial charge is 0.370 e. The van der Waals surface area contributed by atoms with Gasteiger partial charge in [-0.15, -0.1) is 0 Å². The molecule has 1 heterocycles. The van der Waals surface area contributed by atoms with Gasteiger partial charge in [-0.2, -0.15) is 4.98 Å². The molecule has 0 saturated carbocycles. The number of anilines is 2. The minimum atomic E-state index is -3.80. The van der Waals surface area contributed by atoms with Gasteiger partial charge in [0.1, 0.15) is 17.5 Å². The third-order valence-corrected chi connectivity index (χ3v) is 4.63. The predicted molar refractivity (Wildman–Crippen MR) is 96.4 cm³/mol. The van der Waals surface area contributed by atoms with Crippen LogP contribution < -0.4 is 15.4 Å². The van der Waals surface area contributed by atoms with Crippen LogP contribution in [0.4, 0.5) is 20.5 Å². The molecule has 142 valence electrons. The fourth-order valence-corrected chi connectivity index (χ4v) is 3.36. The van der Waals surface area contributed by atoms with E-state index in [0.717, 1.165) is 23.9 Å². The standard InChI is InChI=1S/C16H21F2N5O2S/c1-3-19-15-8-11(2)22-16(23-15)20-6-7-21-26(24,25)10-12-9-13(17)4-5-14(12)18/h4-5,8-9,21H,3,6-7,10H2,1-2H3,(H2,19,20,22,23). The minimum absolute atomic E-state index is 0.0487. The highest BCUT2D eigenvalue weighted by molar-refractivity contribution is 7.88. The molecule has 0 bridgehead atoms. The summed E-state index contributed by atoms with van der Waals surface area (Å²) in [5.41, 5.74) is 0.545. The number of aromatic nitrogens is 2. The highest BCUT2D eigenvalue weighted by Crippen LogP contribution is 2.12. The van der Waals surface area contributed by atoms with Crippen molar-refractivity contribution in [1.29, 1.82) is 0 Å². The van der Waals surface area contributed by atoms with Gasteiger partial charge in [0.05, 0.1) is 5.75 Å². The van der Waals surface area contributed by atoms with Crippen molar-refractivity contribution in [3.8, 4) is 0 Å². The van der Waals surface area contributed by atoms with Crippen molar-refractivity contribution < 1.29 is 17.2 Å². The van der Waals surface area contributed by atoms with Crippen molar-refractivity contribution in [3.63, 3.8) is 0 Å². The average Bonchev–Trinajstić information content (AvgIpc) is 2.55. The molecule has 0 unspecified atom stereocenters. The van der Waals surface area contributed by atoms with E-state index in [-0.39, 0.29) is 18.7 Å². The number of hydrogen-bond donors (Lipinski definition) is 3. The molecule has 1 aromatic heterocycles. The van der Waals surface area contributed by atoms with Crippen LogP contribution in [-0.2, 0) is 15.8 Å². The zero-order valence-electron chi connectivity index (χ0n) is 14.5. The molecule has 1 aromatic carbocycles. The van der Waals surface area contributed by atoms with E-state index in [1.807, 2.05) is 13.8 Å². The van der Waals surface area contributed by atoms with Crippen molar-refractivity contribution in [2.45, 2.75) is 19.6 Å². The molecule has 0 aliphatic carbocycles. The van der Waals surface area contributed by atoms with Crippen molar-refractivity contribution in [1.82, 2.24) is 14.7 Å². The molecule has 0 atom stereocenters. The highest BCUT2D eigenvalue weighted by Gasteiger charge is 2.15. The van der Waals surface area contributed by atoms with Gasteiger partial charge in [0.25, 0.3) is 0 Å². The lowest BCUT2D eigenvalue weighted by molar-refractivity contribution is 0.570. The molecule has 0 fully saturated rings. The number of aryl methyl sites for hydroxylation is 1. The Morgan fingerprint density at radius 1 is 1.08 bits per heavy atom. The second-order valence-electron chi connectivity index (χ2n) is 5.56. The molecule has 2 rings (SSSR count). The van der Waals surface area contributed by atoms with E-state index in [1.54, 1.807) is 6.07 Å². The Balaban J connectivity index is 1.88. The lowest BCUT2D eigenvalue weighted by Crippen LogP contribution is -2.30. The van der Waals surface area contributed by atoms with E-state index in [9.17, 15) is 17.2 Å². The molecule has 0 aliphatic heterocycles. The first-order valence-corrected chi connectivity index (χ1v) is 9.69. The molecular weight excluding hydrogens is 364 g/mol. The number of nitrogens with zero attached hydrogens (tertiary/aromatic N) is 2. The quantitative estimate of drug-likeness (QED) is 0.572. The summed E-state index contributed by atoms with van der Waals surface area (Å²) in [6, 6.07) is 4.51. The molecule has 26 heavy (non-hydrogen) atoms. The lowest BCUT2D eigenvalue weighted by Gasteiger charge is -2.10. The second kappa shape index (κ2) is 8.86. The minimum Gasteiger partial charge on any atom is -0.370 e. The van der Waals surface area contributed by atoms with Gasteiger partial charge in [-0.1, -0.05) is 0 Å². The summed E-state index contributed by atoms with van der Waals surface area (Å²) in [7, 11) is -3.80. The number of sulfonamides is 1. The number of hydrogen-bond acceptors (Lipinski definition) is 6. The van der Waals surface area contributed by atoms with Gasteiger partial charge >= 0.3 is 0 Å². The summed E-state index contributed by atoms with van der Waals surface area (Å²) in [5, 5.41) is 5.99. The topological polar surface area (TPSA) is 96.0 Å². The van der Waals surface area contributed by atoms with E-state index in [2.05, 4.69) is 25.3 Å². The molecule has 0 saturated heterocycles. The van der Waals surface area contributed by atoms with Crippen molar-refractivity contribution in [3.05, 3.63) is 47.2 Å². The third-order valence-electron chi connectivity index (χ3n) is 3.30. The Bertz CT molecular complexity index is 862. The van der Waals surface area contributed by atoms with Crippen LogP contribution in [-0.4, -0.2) is 38.0 Å². The maximum atomic E-state index is 13.6. The molecule has 0 amide bonds. The van der Waals surface area contributed by atoms with Crippen LogP contribution in [0.5, 0.6) is 0 Å². The normalized spacial score (nSPS) is 11.4. The first-order valence-electron chi connectivity index (χ1n) is 8.04. The van der Waals surface area contributed by atoms with E-state index < -0.39 is 27.4 Å². The third kappa shape index (κ3) is 6.19. The Hall–Kier alpha value is -2.33. The molecular formula is C16H21F2N5O2S. The number of halogens is 2. The van der Waals surface area contributed by atoms with Gasteiger partial charge in [0.2, 0.25) is 16.0 Å². The molecule has 10 heteroatoms. The predicted octanol–water partition coefficient (Wildman–Crippen LogP) is 2.03. The molecule has 0 radical (unpaired) electrons. The van der Waals surface area contributed by atoms with Crippen molar-refractivity contribution in [2.75, 3.05) is 30.3 Å². The van der Waals surface area contributed by atoms with Gasteiger partial charge in [-0.25, -0.2) is 26.9 Å². The van der Waals surface area contributed by atoms with Crippen LogP contribution >= 0.6 is 0 Å². The van der Waals surface area contributed by atoms with Crippen LogP contribution in [0.15, 0.2) is 24.3 Å². The Kier molecular flexibility index (Phi) is 6.81. The molecule has 0 aliphatic rings. The number of nitrogens with one attached hydrogen (secondary N) is 3. The average molecular weight is 385 g/mol. The van der Waals surface area contributed by atoms with Crippen LogP contribution in [0.1, 0.15) is 18.2 Å². The van der Waals surface area contributed by atoms with Gasteiger partial charge in [-0.05, 0) is 32.0 Å². The van der Waals surface area contributed by atoms with Crippen molar-refractivity contribution in [2.24, 2.45) is 0 Å². The molecule has 7 nitrogen and oxygen atoms in total. The monoisotopic (exact) mass is 385 g/mol. The summed E-state index contributed by atoms with van der Waals surface area (Å²) in [5.74, 6) is -1.05. The summed E-state index contributed by atoms with van der Waals surface area (Å²) >= 11 is 0. The first-order chi connectivity index (χ1) is 12.3. The van der Waals surface area contributed by atoms with Crippen LogP contribution in [0.3, 0.4) is 0 Å². The van der Waals surface area contributed by atoms with E-state index in [1.165, 1.54) is 0 Å². The van der Waals surface area contributed by atoms with Crippen LogP contribution in [0.25, 0.3) is 0 Å². The number of benzene rings is 1. The Morgan fingerprint density at radius 2 is 1.85 bits per heavy atom. The zero-order chi connectivity index (χ0) is 19.2. The maximum absolute atomic E-state index is 13.6. The molecule has 0 spiro atoms. The van der Waals surface area contributed by atoms with Gasteiger partial charge in [-0.3, -0.25) is 0 Å². The fraction of sp³-hybridized carbons (Fsp3) is 0.375. The van der Waals surface area contributed by atoms with Gasteiger partial charge in [0.15, 0.2) is 0 Å². The summed E-state index contributed by atoms with van der Waals surface area (Å²) in [4.78, 5) is 8.45. The van der Waals surface area contributed by atoms with Crippen molar-refractivity contribution >= 4 is 21.8 Å².